The second-order valence-corrected chi connectivity index (χ2v) is 10.9. The Balaban J connectivity index is 1.71. The molecule has 0 radical (unpaired) electrons. The van der Waals surface area contributed by atoms with Crippen molar-refractivity contribution in [2.75, 3.05) is 12.3 Å². The molecule has 0 fully saturated rings. The fourth-order valence-corrected chi connectivity index (χ4v) is 6.00. The van der Waals surface area contributed by atoms with E-state index in [1.807, 2.05) is 13.8 Å². The fraction of sp³-hybridized carbons (Fsp3) is 0.400. The van der Waals surface area contributed by atoms with Gasteiger partial charge in [-0.3, -0.25) is 4.79 Å². The zero-order valence-corrected chi connectivity index (χ0v) is 24.1. The van der Waals surface area contributed by atoms with Gasteiger partial charge in [-0.15, -0.1) is 0 Å². The monoisotopic (exact) mass is 617 g/mol. The van der Waals surface area contributed by atoms with Crippen LogP contribution in [-0.4, -0.2) is 12.4 Å². The third kappa shape index (κ3) is 5.99. The van der Waals surface area contributed by atoms with Crippen LogP contribution in [0.25, 0.3) is 0 Å². The molecular formula is C30H31BrF3N3O3. The number of nitrogens with one attached hydrogen (secondary N) is 1. The minimum absolute atomic E-state index is 0.0321. The first-order chi connectivity index (χ1) is 19.0. The Kier molecular flexibility index (Phi) is 8.83. The molecule has 2 atom stereocenters. The Hall–Kier alpha value is -3.45. The van der Waals surface area contributed by atoms with Crippen molar-refractivity contribution in [3.05, 3.63) is 74.0 Å². The third-order valence-corrected chi connectivity index (χ3v) is 7.83. The van der Waals surface area contributed by atoms with E-state index in [4.69, 9.17) is 15.2 Å². The summed E-state index contributed by atoms with van der Waals surface area (Å²) in [6.45, 7) is 5.98. The lowest BCUT2D eigenvalue weighted by molar-refractivity contribution is -0.137. The molecule has 0 amide bonds. The van der Waals surface area contributed by atoms with Crippen LogP contribution in [0.1, 0.15) is 69.1 Å². The Bertz CT molecular complexity index is 1430. The van der Waals surface area contributed by atoms with Crippen LogP contribution in [0.15, 0.2) is 57.3 Å². The molecule has 2 aromatic rings. The number of ether oxygens (including phenoxy) is 2. The summed E-state index contributed by atoms with van der Waals surface area (Å²) in [5, 5.41) is 13.4. The number of rotatable bonds is 8. The quantitative estimate of drug-likeness (QED) is 0.297. The summed E-state index contributed by atoms with van der Waals surface area (Å²) >= 11 is 3.55. The van der Waals surface area contributed by atoms with Crippen molar-refractivity contribution in [3.8, 4) is 17.6 Å². The van der Waals surface area contributed by atoms with Gasteiger partial charge in [0, 0.05) is 34.6 Å². The minimum atomic E-state index is -4.50. The fourth-order valence-electron chi connectivity index (χ4n) is 5.42. The van der Waals surface area contributed by atoms with E-state index in [0.29, 0.717) is 57.0 Å². The Morgan fingerprint density at radius 3 is 2.55 bits per heavy atom. The van der Waals surface area contributed by atoms with Crippen LogP contribution in [0, 0.1) is 17.2 Å². The normalized spacial score (nSPS) is 19.2. The smallest absolute Gasteiger partial charge is 0.416 e. The van der Waals surface area contributed by atoms with Crippen molar-refractivity contribution in [2.24, 2.45) is 5.92 Å². The van der Waals surface area contributed by atoms with E-state index in [0.717, 1.165) is 37.1 Å². The number of nitrogens with zero attached hydrogens (tertiary/aromatic N) is 1. The molecule has 0 bridgehead atoms. The second-order valence-electron chi connectivity index (χ2n) is 10.0. The molecule has 6 nitrogen and oxygen atoms in total. The van der Waals surface area contributed by atoms with Gasteiger partial charge in [-0.05, 0) is 78.4 Å². The maximum Gasteiger partial charge on any atom is 0.416 e. The summed E-state index contributed by atoms with van der Waals surface area (Å²) < 4.78 is 51.5. The van der Waals surface area contributed by atoms with Crippen molar-refractivity contribution in [1.29, 1.82) is 5.26 Å². The van der Waals surface area contributed by atoms with Crippen LogP contribution in [0.4, 0.5) is 18.9 Å². The number of Topliss-reactive ketones (excluding diaryl/α,β-unsaturated/α-hetero) is 1. The highest BCUT2D eigenvalue weighted by Gasteiger charge is 2.39. The zero-order chi connectivity index (χ0) is 29.2. The average Bonchev–Trinajstić information content (AvgIpc) is 2.87. The first kappa shape index (κ1) is 29.5. The summed E-state index contributed by atoms with van der Waals surface area (Å²) in [6.07, 6.45) is -1.36. The molecule has 10 heteroatoms. The lowest BCUT2D eigenvalue weighted by atomic mass is 9.72. The van der Waals surface area contributed by atoms with Gasteiger partial charge in [0.1, 0.15) is 6.61 Å². The number of hydrogen-bond acceptors (Lipinski definition) is 6. The van der Waals surface area contributed by atoms with Gasteiger partial charge in [-0.1, -0.05) is 19.4 Å². The topological polar surface area (TPSA) is 97.4 Å². The van der Waals surface area contributed by atoms with E-state index < -0.39 is 17.7 Å². The number of nitriles is 1. The van der Waals surface area contributed by atoms with Crippen LogP contribution in [0.3, 0.4) is 0 Å². The minimum Gasteiger partial charge on any atom is -0.490 e. The molecule has 0 spiro atoms. The van der Waals surface area contributed by atoms with Crippen LogP contribution < -0.4 is 20.5 Å². The molecular weight excluding hydrogens is 587 g/mol. The van der Waals surface area contributed by atoms with Gasteiger partial charge in [-0.25, -0.2) is 0 Å². The van der Waals surface area contributed by atoms with Gasteiger partial charge >= 0.3 is 6.18 Å². The predicted octanol–water partition coefficient (Wildman–Crippen LogP) is 7.55. The van der Waals surface area contributed by atoms with E-state index in [9.17, 15) is 23.2 Å². The highest BCUT2D eigenvalue weighted by atomic mass is 79.9. The first-order valence-corrected chi connectivity index (χ1v) is 14.0. The molecule has 0 saturated heterocycles. The number of halogens is 4. The molecule has 3 N–H and O–H groups in total. The summed E-state index contributed by atoms with van der Waals surface area (Å²) in [4.78, 5) is 13.4. The maximum absolute atomic E-state index is 13.4. The third-order valence-electron chi connectivity index (χ3n) is 7.24. The summed E-state index contributed by atoms with van der Waals surface area (Å²) in [5.41, 5.74) is 8.74. The molecule has 1 aliphatic carbocycles. The SMILES string of the molecule is CCCC1CC(=O)C2=C(C1)NC(C)=C(C#N)C2c1cc(Br)c(OCc2ccc(C(F)(F)F)cc2N)c(OCC)c1. The van der Waals surface area contributed by atoms with Gasteiger partial charge in [0.15, 0.2) is 17.3 Å². The van der Waals surface area contributed by atoms with Gasteiger partial charge in [0.25, 0.3) is 0 Å². The Morgan fingerprint density at radius 2 is 1.93 bits per heavy atom. The zero-order valence-electron chi connectivity index (χ0n) is 22.5. The molecule has 40 heavy (non-hydrogen) atoms. The van der Waals surface area contributed by atoms with E-state index in [1.165, 1.54) is 6.07 Å². The highest BCUT2D eigenvalue weighted by molar-refractivity contribution is 9.10. The highest BCUT2D eigenvalue weighted by Crippen LogP contribution is 2.47. The molecule has 1 heterocycles. The van der Waals surface area contributed by atoms with Crippen LogP contribution in [0.5, 0.6) is 11.5 Å². The lowest BCUT2D eigenvalue weighted by Crippen LogP contribution is -2.34. The van der Waals surface area contributed by atoms with Gasteiger partial charge in [0.05, 0.1) is 34.2 Å². The van der Waals surface area contributed by atoms with E-state index in [2.05, 4.69) is 34.2 Å². The van der Waals surface area contributed by atoms with Gasteiger partial charge in [-0.2, -0.15) is 18.4 Å². The van der Waals surface area contributed by atoms with Gasteiger partial charge < -0.3 is 20.5 Å². The van der Waals surface area contributed by atoms with Crippen LogP contribution in [-0.2, 0) is 17.6 Å². The lowest BCUT2D eigenvalue weighted by Gasteiger charge is -2.35. The molecule has 2 aliphatic rings. The van der Waals surface area contributed by atoms with E-state index in [1.54, 1.807) is 12.1 Å². The first-order valence-electron chi connectivity index (χ1n) is 13.2. The number of carbonyl (C=O) groups excluding carboxylic acids is 1. The van der Waals surface area contributed by atoms with Crippen molar-refractivity contribution >= 4 is 27.4 Å². The largest absolute Gasteiger partial charge is 0.490 e. The summed E-state index contributed by atoms with van der Waals surface area (Å²) in [7, 11) is 0. The summed E-state index contributed by atoms with van der Waals surface area (Å²) in [5.74, 6) is 0.446. The van der Waals surface area contributed by atoms with Crippen molar-refractivity contribution in [2.45, 2.75) is 65.2 Å². The van der Waals surface area contributed by atoms with E-state index in [-0.39, 0.29) is 24.0 Å². The van der Waals surface area contributed by atoms with Crippen molar-refractivity contribution in [1.82, 2.24) is 5.32 Å². The molecule has 2 unspecified atom stereocenters. The molecule has 212 valence electrons. The summed E-state index contributed by atoms with van der Waals surface area (Å²) in [6, 6.07) is 8.98. The maximum atomic E-state index is 13.4. The number of alkyl halides is 3. The molecule has 1 aliphatic heterocycles. The standard InChI is InChI=1S/C30H31BrF3N3O3/c1-4-6-17-9-24-28(25(38)10-17)27(21(14-35)16(3)37-24)19-11-22(31)29(26(12-19)39-5-2)40-15-18-7-8-20(13-23(18)36)30(32,33)34/h7-8,11-13,17,27,37H,4-6,9-10,15,36H2,1-3H3. The predicted molar refractivity (Wildman–Crippen MR) is 149 cm³/mol. The molecule has 0 saturated carbocycles. The number of allylic oxidation sites excluding steroid dienone is 4. The van der Waals surface area contributed by atoms with Gasteiger partial charge in [0.2, 0.25) is 0 Å². The number of nitrogens with two attached hydrogens (primary N) is 1. The van der Waals surface area contributed by atoms with Crippen LogP contribution >= 0.6 is 15.9 Å². The number of anilines is 1. The number of benzene rings is 2. The number of nitrogen functional groups attached to an aromatic ring is 1. The number of carbonyl (C=O) groups is 1. The van der Waals surface area contributed by atoms with Crippen LogP contribution in [0.2, 0.25) is 0 Å². The van der Waals surface area contributed by atoms with Crippen molar-refractivity contribution in [3.63, 3.8) is 0 Å². The number of hydrogen-bond donors (Lipinski definition) is 2. The Morgan fingerprint density at radius 1 is 1.18 bits per heavy atom. The second kappa shape index (κ2) is 12.0. The number of ketones is 1. The Labute approximate surface area is 240 Å². The molecule has 4 rings (SSSR count). The molecule has 0 aromatic heterocycles. The number of dihydropyridines is 1. The van der Waals surface area contributed by atoms with Crippen molar-refractivity contribution < 1.29 is 27.4 Å². The average molecular weight is 618 g/mol. The molecule has 2 aromatic carbocycles. The van der Waals surface area contributed by atoms with E-state index >= 15 is 0 Å².